The molecule has 4 heteroatoms. The van der Waals surface area contributed by atoms with E-state index in [4.69, 9.17) is 5.73 Å². The Hall–Kier alpha value is -1.81. The molecule has 2 aromatic carbocycles. The fourth-order valence-electron chi connectivity index (χ4n) is 1.96. The van der Waals surface area contributed by atoms with Crippen molar-refractivity contribution in [1.29, 1.82) is 0 Å². The van der Waals surface area contributed by atoms with Crippen molar-refractivity contribution in [1.82, 2.24) is 0 Å². The van der Waals surface area contributed by atoms with Gasteiger partial charge in [0.25, 0.3) is 0 Å². The molecule has 2 rings (SSSR count). The molecule has 0 aromatic heterocycles. The quantitative estimate of drug-likeness (QED) is 0.832. The van der Waals surface area contributed by atoms with Gasteiger partial charge in [-0.25, -0.2) is 0 Å². The third-order valence-corrected chi connectivity index (χ3v) is 4.31. The summed E-state index contributed by atoms with van der Waals surface area (Å²) in [7, 11) is 0. The maximum absolute atomic E-state index is 12.3. The smallest absolute Gasteiger partial charge is 0.231 e. The molecule has 20 heavy (non-hydrogen) atoms. The zero-order chi connectivity index (χ0) is 14.7. The molecule has 2 aromatic rings. The summed E-state index contributed by atoms with van der Waals surface area (Å²) in [5, 5.41) is 2.94. The SMILES string of the molecule is Cc1cccc(NC(=O)C(C)c2cccc(N)c2)c1Br. The summed E-state index contributed by atoms with van der Waals surface area (Å²) in [5.41, 5.74) is 9.19. The first kappa shape index (κ1) is 14.6. The number of nitrogens with one attached hydrogen (secondary N) is 1. The number of rotatable bonds is 3. The molecule has 1 unspecified atom stereocenters. The van der Waals surface area contributed by atoms with Crippen LogP contribution in [0.2, 0.25) is 0 Å². The molecule has 1 atom stereocenters. The molecule has 0 aliphatic rings. The van der Waals surface area contributed by atoms with E-state index in [0.29, 0.717) is 5.69 Å². The van der Waals surface area contributed by atoms with Crippen LogP contribution in [0, 0.1) is 6.92 Å². The van der Waals surface area contributed by atoms with Gasteiger partial charge in [-0.05, 0) is 59.1 Å². The first-order chi connectivity index (χ1) is 9.49. The lowest BCUT2D eigenvalue weighted by molar-refractivity contribution is -0.117. The Morgan fingerprint density at radius 3 is 2.65 bits per heavy atom. The first-order valence-electron chi connectivity index (χ1n) is 6.40. The molecule has 3 N–H and O–H groups in total. The van der Waals surface area contributed by atoms with Crippen LogP contribution < -0.4 is 11.1 Å². The van der Waals surface area contributed by atoms with Crippen LogP contribution in [0.4, 0.5) is 11.4 Å². The average molecular weight is 333 g/mol. The minimum Gasteiger partial charge on any atom is -0.399 e. The Morgan fingerprint density at radius 1 is 1.25 bits per heavy atom. The maximum Gasteiger partial charge on any atom is 0.231 e. The lowest BCUT2D eigenvalue weighted by Crippen LogP contribution is -2.19. The minimum atomic E-state index is -0.258. The number of benzene rings is 2. The maximum atomic E-state index is 12.3. The van der Waals surface area contributed by atoms with Gasteiger partial charge in [-0.1, -0.05) is 24.3 Å². The summed E-state index contributed by atoms with van der Waals surface area (Å²) >= 11 is 3.49. The summed E-state index contributed by atoms with van der Waals surface area (Å²) in [5.74, 6) is -0.312. The molecule has 1 amide bonds. The highest BCUT2D eigenvalue weighted by Crippen LogP contribution is 2.27. The largest absolute Gasteiger partial charge is 0.399 e. The first-order valence-corrected chi connectivity index (χ1v) is 7.19. The van der Waals surface area contributed by atoms with Crippen LogP contribution in [-0.2, 0) is 4.79 Å². The Morgan fingerprint density at radius 2 is 1.95 bits per heavy atom. The lowest BCUT2D eigenvalue weighted by Gasteiger charge is -2.14. The Bertz CT molecular complexity index is 640. The van der Waals surface area contributed by atoms with Crippen molar-refractivity contribution in [2.24, 2.45) is 0 Å². The van der Waals surface area contributed by atoms with E-state index in [-0.39, 0.29) is 11.8 Å². The molecule has 0 fully saturated rings. The van der Waals surface area contributed by atoms with Gasteiger partial charge in [0, 0.05) is 10.2 Å². The van der Waals surface area contributed by atoms with Gasteiger partial charge in [0.2, 0.25) is 5.91 Å². The standard InChI is InChI=1S/C16H17BrN2O/c1-10-5-3-8-14(15(10)17)19-16(20)11(2)12-6-4-7-13(18)9-12/h3-9,11H,18H2,1-2H3,(H,19,20). The number of nitrogen functional groups attached to an aromatic ring is 1. The van der Waals surface area contributed by atoms with Crippen molar-refractivity contribution in [2.45, 2.75) is 19.8 Å². The van der Waals surface area contributed by atoms with Gasteiger partial charge in [-0.3, -0.25) is 4.79 Å². The number of hydrogen-bond donors (Lipinski definition) is 2. The molecule has 0 radical (unpaired) electrons. The summed E-state index contributed by atoms with van der Waals surface area (Å²) in [6.07, 6.45) is 0. The van der Waals surface area contributed by atoms with Crippen LogP contribution in [-0.4, -0.2) is 5.91 Å². The third kappa shape index (κ3) is 3.20. The molecule has 0 heterocycles. The van der Waals surface area contributed by atoms with Crippen LogP contribution in [0.3, 0.4) is 0 Å². The van der Waals surface area contributed by atoms with Crippen molar-refractivity contribution in [3.8, 4) is 0 Å². The molecule has 3 nitrogen and oxygen atoms in total. The molecule has 0 aliphatic carbocycles. The van der Waals surface area contributed by atoms with Gasteiger partial charge in [-0.15, -0.1) is 0 Å². The summed E-state index contributed by atoms with van der Waals surface area (Å²) in [4.78, 5) is 12.3. The second-order valence-corrected chi connectivity index (χ2v) is 5.61. The normalized spacial score (nSPS) is 11.9. The molecule has 0 bridgehead atoms. The van der Waals surface area contributed by atoms with Gasteiger partial charge in [-0.2, -0.15) is 0 Å². The molecule has 104 valence electrons. The fraction of sp³-hybridized carbons (Fsp3) is 0.188. The summed E-state index contributed by atoms with van der Waals surface area (Å²) in [6, 6.07) is 13.2. The van der Waals surface area contributed by atoms with Crippen LogP contribution in [0.25, 0.3) is 0 Å². The Balaban J connectivity index is 2.18. The third-order valence-electron chi connectivity index (χ3n) is 3.25. The molecular formula is C16H17BrN2O. The number of halogens is 1. The van der Waals surface area contributed by atoms with Crippen LogP contribution in [0.15, 0.2) is 46.9 Å². The Kier molecular flexibility index (Phi) is 4.45. The van der Waals surface area contributed by atoms with E-state index in [1.54, 1.807) is 0 Å². The highest BCUT2D eigenvalue weighted by atomic mass is 79.9. The lowest BCUT2D eigenvalue weighted by atomic mass is 9.99. The highest BCUT2D eigenvalue weighted by molar-refractivity contribution is 9.10. The van der Waals surface area contributed by atoms with Gasteiger partial charge < -0.3 is 11.1 Å². The van der Waals surface area contributed by atoms with E-state index in [1.807, 2.05) is 56.3 Å². The van der Waals surface area contributed by atoms with Crippen molar-refractivity contribution >= 4 is 33.2 Å². The number of aryl methyl sites for hydroxylation is 1. The number of nitrogens with two attached hydrogens (primary N) is 1. The van der Waals surface area contributed by atoms with E-state index in [1.165, 1.54) is 0 Å². The highest BCUT2D eigenvalue weighted by Gasteiger charge is 2.16. The number of amides is 1. The molecular weight excluding hydrogens is 316 g/mol. The van der Waals surface area contributed by atoms with E-state index in [9.17, 15) is 4.79 Å². The zero-order valence-electron chi connectivity index (χ0n) is 11.5. The number of carbonyl (C=O) groups excluding carboxylic acids is 1. The van der Waals surface area contributed by atoms with Gasteiger partial charge >= 0.3 is 0 Å². The van der Waals surface area contributed by atoms with E-state index in [0.717, 1.165) is 21.3 Å². The van der Waals surface area contributed by atoms with Crippen molar-refractivity contribution in [3.63, 3.8) is 0 Å². The Labute approximate surface area is 127 Å². The zero-order valence-corrected chi connectivity index (χ0v) is 13.1. The van der Waals surface area contributed by atoms with Gasteiger partial charge in [0.1, 0.15) is 0 Å². The molecule has 0 saturated carbocycles. The predicted molar refractivity (Wildman–Crippen MR) is 86.8 cm³/mol. The van der Waals surface area contributed by atoms with E-state index in [2.05, 4.69) is 21.2 Å². The van der Waals surface area contributed by atoms with E-state index < -0.39 is 0 Å². The van der Waals surface area contributed by atoms with Crippen LogP contribution in [0.5, 0.6) is 0 Å². The number of carbonyl (C=O) groups is 1. The topological polar surface area (TPSA) is 55.1 Å². The summed E-state index contributed by atoms with van der Waals surface area (Å²) in [6.45, 7) is 3.86. The minimum absolute atomic E-state index is 0.0538. The number of hydrogen-bond acceptors (Lipinski definition) is 2. The second-order valence-electron chi connectivity index (χ2n) is 4.82. The van der Waals surface area contributed by atoms with Gasteiger partial charge in [0.15, 0.2) is 0 Å². The van der Waals surface area contributed by atoms with Crippen molar-refractivity contribution < 1.29 is 4.79 Å². The second kappa shape index (κ2) is 6.09. The summed E-state index contributed by atoms with van der Waals surface area (Å²) < 4.78 is 0.910. The van der Waals surface area contributed by atoms with Crippen LogP contribution >= 0.6 is 15.9 Å². The average Bonchev–Trinajstić information content (AvgIpc) is 2.43. The van der Waals surface area contributed by atoms with Gasteiger partial charge in [0.05, 0.1) is 11.6 Å². The monoisotopic (exact) mass is 332 g/mol. The molecule has 0 aliphatic heterocycles. The van der Waals surface area contributed by atoms with E-state index >= 15 is 0 Å². The fourth-order valence-corrected chi connectivity index (χ4v) is 2.33. The van der Waals surface area contributed by atoms with Crippen molar-refractivity contribution in [3.05, 3.63) is 58.1 Å². The predicted octanol–water partition coefficient (Wildman–Crippen LogP) is 4.08. The molecule has 0 spiro atoms. The van der Waals surface area contributed by atoms with Crippen LogP contribution in [0.1, 0.15) is 24.0 Å². The number of anilines is 2. The van der Waals surface area contributed by atoms with Crippen molar-refractivity contribution in [2.75, 3.05) is 11.1 Å². The molecule has 0 saturated heterocycles.